The first-order valence-corrected chi connectivity index (χ1v) is 14.7. The van der Waals surface area contributed by atoms with Crippen LogP contribution in [0.4, 0.5) is 0 Å². The molecule has 2 aromatic rings. The van der Waals surface area contributed by atoms with Gasteiger partial charge in [0.1, 0.15) is 36.9 Å². The fourth-order valence-electron chi connectivity index (χ4n) is 5.55. The number of ether oxygens (including phenoxy) is 4. The molecule has 0 amide bonds. The first-order valence-electron chi connectivity index (χ1n) is 14.7. The van der Waals surface area contributed by atoms with Crippen molar-refractivity contribution < 1.29 is 18.9 Å². The summed E-state index contributed by atoms with van der Waals surface area (Å²) in [6.45, 7) is 30.2. The van der Waals surface area contributed by atoms with E-state index in [0.29, 0.717) is 13.2 Å². The maximum atomic E-state index is 6.62. The van der Waals surface area contributed by atoms with Crippen LogP contribution < -0.4 is 9.47 Å². The summed E-state index contributed by atoms with van der Waals surface area (Å²) < 4.78 is 24.3. The Morgan fingerprint density at radius 3 is 1.15 bits per heavy atom. The molecule has 216 valence electrons. The van der Waals surface area contributed by atoms with Gasteiger partial charge in [0.2, 0.25) is 0 Å². The highest BCUT2D eigenvalue weighted by molar-refractivity contribution is 5.57. The molecular weight excluding hydrogens is 484 g/mol. The van der Waals surface area contributed by atoms with Gasteiger partial charge >= 0.3 is 0 Å². The average Bonchev–Trinajstić information content (AvgIpc) is 3.68. The molecule has 2 aliphatic rings. The van der Waals surface area contributed by atoms with Gasteiger partial charge in [-0.25, -0.2) is 0 Å². The van der Waals surface area contributed by atoms with E-state index >= 15 is 0 Å². The van der Waals surface area contributed by atoms with Gasteiger partial charge in [-0.15, -0.1) is 0 Å². The van der Waals surface area contributed by atoms with Gasteiger partial charge in [-0.05, 0) is 50.3 Å². The third kappa shape index (κ3) is 7.19. The van der Waals surface area contributed by atoms with Crippen molar-refractivity contribution in [1.82, 2.24) is 0 Å². The number of epoxide rings is 2. The minimum Gasteiger partial charge on any atom is -0.490 e. The van der Waals surface area contributed by atoms with Crippen LogP contribution in [-0.2, 0) is 37.6 Å². The zero-order valence-electron chi connectivity index (χ0n) is 26.6. The first kappa shape index (κ1) is 29.9. The summed E-state index contributed by atoms with van der Waals surface area (Å²) >= 11 is 0. The molecule has 2 heterocycles. The fraction of sp³-hybridized carbons (Fsp3) is 0.657. The zero-order valence-corrected chi connectivity index (χ0v) is 26.6. The van der Waals surface area contributed by atoms with Crippen LogP contribution in [0.2, 0.25) is 0 Å². The summed E-state index contributed by atoms with van der Waals surface area (Å²) in [6, 6.07) is 9.25. The SMILES string of the molecule is CC(C)(C)c1ccc(Cc2ccc(C(C)(C)C)c(OCC3CO3)c2C(C)(C)C)c(C(C)(C)C)c1OCC1CO1. The van der Waals surface area contributed by atoms with E-state index in [9.17, 15) is 0 Å². The molecule has 0 aromatic heterocycles. The smallest absolute Gasteiger partial charge is 0.127 e. The largest absolute Gasteiger partial charge is 0.490 e. The summed E-state index contributed by atoms with van der Waals surface area (Å²) in [5.74, 6) is 2.07. The maximum absolute atomic E-state index is 6.62. The molecule has 2 fully saturated rings. The van der Waals surface area contributed by atoms with E-state index in [-0.39, 0.29) is 33.9 Å². The van der Waals surface area contributed by atoms with Gasteiger partial charge in [0.05, 0.1) is 13.2 Å². The van der Waals surface area contributed by atoms with Gasteiger partial charge in [0, 0.05) is 11.1 Å². The molecule has 2 aromatic carbocycles. The Labute approximate surface area is 237 Å². The van der Waals surface area contributed by atoms with Gasteiger partial charge < -0.3 is 18.9 Å². The molecule has 0 aliphatic carbocycles. The van der Waals surface area contributed by atoms with Gasteiger partial charge in [0.15, 0.2) is 0 Å². The van der Waals surface area contributed by atoms with Crippen molar-refractivity contribution in [3.63, 3.8) is 0 Å². The highest BCUT2D eigenvalue weighted by atomic mass is 16.6. The van der Waals surface area contributed by atoms with Gasteiger partial charge in [0.25, 0.3) is 0 Å². The third-order valence-corrected chi connectivity index (χ3v) is 7.62. The van der Waals surface area contributed by atoms with Crippen LogP contribution in [0.15, 0.2) is 24.3 Å². The van der Waals surface area contributed by atoms with Crippen LogP contribution in [0.3, 0.4) is 0 Å². The van der Waals surface area contributed by atoms with Gasteiger partial charge in [-0.3, -0.25) is 0 Å². The number of hydrogen-bond acceptors (Lipinski definition) is 4. The van der Waals surface area contributed by atoms with Crippen molar-refractivity contribution in [2.24, 2.45) is 0 Å². The molecule has 0 radical (unpaired) electrons. The first-order chi connectivity index (χ1) is 17.9. The van der Waals surface area contributed by atoms with Crippen molar-refractivity contribution in [1.29, 1.82) is 0 Å². The summed E-state index contributed by atoms with van der Waals surface area (Å²) in [7, 11) is 0. The lowest BCUT2D eigenvalue weighted by atomic mass is 9.74. The standard InChI is InChI=1S/C35H52O4/c1-32(2,3)26-15-13-22(28(34(7,8)9)30(26)38-20-24-18-36-24)17-23-14-16-27(33(4,5)6)31(29(23)35(10,11)12)39-21-25-19-37-25/h13-16,24-25H,17-21H2,1-12H3. The summed E-state index contributed by atoms with van der Waals surface area (Å²) in [6.07, 6.45) is 1.24. The van der Waals surface area contributed by atoms with Crippen LogP contribution in [0.25, 0.3) is 0 Å². The van der Waals surface area contributed by atoms with E-state index in [1.54, 1.807) is 0 Å². The van der Waals surface area contributed by atoms with Crippen molar-refractivity contribution in [2.75, 3.05) is 26.4 Å². The number of rotatable bonds is 8. The van der Waals surface area contributed by atoms with Gasteiger partial charge in [-0.1, -0.05) is 107 Å². The zero-order chi connectivity index (χ0) is 29.0. The van der Waals surface area contributed by atoms with E-state index in [4.69, 9.17) is 18.9 Å². The fourth-order valence-corrected chi connectivity index (χ4v) is 5.55. The van der Waals surface area contributed by atoms with Crippen molar-refractivity contribution in [2.45, 2.75) is 123 Å². The Hall–Kier alpha value is -2.04. The van der Waals surface area contributed by atoms with E-state index in [1.807, 2.05) is 0 Å². The topological polar surface area (TPSA) is 43.5 Å². The molecule has 2 atom stereocenters. The molecule has 2 aliphatic heterocycles. The maximum Gasteiger partial charge on any atom is 0.127 e. The summed E-state index contributed by atoms with van der Waals surface area (Å²) in [5.41, 5.74) is 7.48. The normalized spacial score (nSPS) is 19.7. The molecule has 2 saturated heterocycles. The lowest BCUT2D eigenvalue weighted by molar-refractivity contribution is 0.252. The van der Waals surface area contributed by atoms with Gasteiger partial charge in [-0.2, -0.15) is 0 Å². The second kappa shape index (κ2) is 10.4. The third-order valence-electron chi connectivity index (χ3n) is 7.62. The minimum atomic E-state index is -0.0910. The molecule has 4 nitrogen and oxygen atoms in total. The average molecular weight is 537 g/mol. The van der Waals surface area contributed by atoms with E-state index < -0.39 is 0 Å². The Kier molecular flexibility index (Phi) is 7.99. The van der Waals surface area contributed by atoms with E-state index in [1.165, 1.54) is 33.4 Å². The molecule has 0 bridgehead atoms. The molecule has 4 rings (SSSR count). The van der Waals surface area contributed by atoms with Crippen molar-refractivity contribution in [3.8, 4) is 11.5 Å². The Bertz CT molecular complexity index is 1080. The molecule has 4 heteroatoms. The Morgan fingerprint density at radius 1 is 0.564 bits per heavy atom. The lowest BCUT2D eigenvalue weighted by Gasteiger charge is -2.34. The predicted molar refractivity (Wildman–Crippen MR) is 161 cm³/mol. The lowest BCUT2D eigenvalue weighted by Crippen LogP contribution is -2.24. The van der Waals surface area contributed by atoms with Crippen LogP contribution >= 0.6 is 0 Å². The van der Waals surface area contributed by atoms with Crippen molar-refractivity contribution >= 4 is 0 Å². The Morgan fingerprint density at radius 2 is 0.897 bits per heavy atom. The highest BCUT2D eigenvalue weighted by Crippen LogP contribution is 2.46. The Balaban J connectivity index is 1.88. The minimum absolute atomic E-state index is 0.0326. The predicted octanol–water partition coefficient (Wildman–Crippen LogP) is 8.02. The second-order valence-electron chi connectivity index (χ2n) is 15.7. The second-order valence-corrected chi connectivity index (χ2v) is 15.7. The van der Waals surface area contributed by atoms with Crippen LogP contribution in [0, 0.1) is 0 Å². The number of hydrogen-bond donors (Lipinski definition) is 0. The monoisotopic (exact) mass is 536 g/mol. The van der Waals surface area contributed by atoms with Crippen LogP contribution in [-0.4, -0.2) is 38.6 Å². The molecule has 0 spiro atoms. The summed E-state index contributed by atoms with van der Waals surface area (Å²) in [4.78, 5) is 0. The van der Waals surface area contributed by atoms with Crippen LogP contribution in [0.1, 0.15) is 116 Å². The van der Waals surface area contributed by atoms with Crippen molar-refractivity contribution in [3.05, 3.63) is 57.6 Å². The summed E-state index contributed by atoms with van der Waals surface area (Å²) in [5, 5.41) is 0. The number of benzene rings is 2. The molecular formula is C35H52O4. The molecule has 2 unspecified atom stereocenters. The molecule has 0 saturated carbocycles. The van der Waals surface area contributed by atoms with E-state index in [0.717, 1.165) is 31.1 Å². The molecule has 39 heavy (non-hydrogen) atoms. The van der Waals surface area contributed by atoms with Crippen LogP contribution in [0.5, 0.6) is 11.5 Å². The molecule has 0 N–H and O–H groups in total. The highest BCUT2D eigenvalue weighted by Gasteiger charge is 2.34. The van der Waals surface area contributed by atoms with E-state index in [2.05, 4.69) is 107 Å². The quantitative estimate of drug-likeness (QED) is 0.320.